The van der Waals surface area contributed by atoms with Crippen molar-refractivity contribution >= 4 is 11.8 Å². The topological polar surface area (TPSA) is 83.7 Å². The molecule has 0 spiro atoms. The summed E-state index contributed by atoms with van der Waals surface area (Å²) in [5, 5.41) is 8.47. The minimum Gasteiger partial charge on any atom is -0.424 e. The highest BCUT2D eigenvalue weighted by Crippen LogP contribution is 2.39. The van der Waals surface area contributed by atoms with Crippen molar-refractivity contribution in [2.45, 2.75) is 44.2 Å². The van der Waals surface area contributed by atoms with Crippen LogP contribution in [0.25, 0.3) is 0 Å². The molecule has 0 amide bonds. The molecule has 0 N–H and O–H groups in total. The summed E-state index contributed by atoms with van der Waals surface area (Å²) in [6.07, 6.45) is 6.54. The van der Waals surface area contributed by atoms with Crippen molar-refractivity contribution in [1.82, 2.24) is 25.1 Å². The summed E-state index contributed by atoms with van der Waals surface area (Å²) < 4.78 is 11.3. The molecule has 4 heterocycles. The molecule has 1 saturated carbocycles. The Morgan fingerprint density at radius 1 is 1.14 bits per heavy atom. The number of ether oxygens (including phenoxy) is 1. The number of hydrogen-bond donors (Lipinski definition) is 0. The summed E-state index contributed by atoms with van der Waals surface area (Å²) in [5.74, 6) is 3.84. The van der Waals surface area contributed by atoms with Crippen molar-refractivity contribution in [2.75, 3.05) is 56.2 Å². The van der Waals surface area contributed by atoms with Gasteiger partial charge in [-0.05, 0) is 38.3 Å². The zero-order valence-electron chi connectivity index (χ0n) is 17.0. The van der Waals surface area contributed by atoms with Gasteiger partial charge in [0.2, 0.25) is 17.7 Å². The summed E-state index contributed by atoms with van der Waals surface area (Å²) in [5.41, 5.74) is 0. The van der Waals surface area contributed by atoms with E-state index in [0.29, 0.717) is 12.0 Å². The average Bonchev–Trinajstić information content (AvgIpc) is 3.53. The second-order valence-corrected chi connectivity index (χ2v) is 8.26. The van der Waals surface area contributed by atoms with E-state index >= 15 is 0 Å². The maximum atomic E-state index is 5.86. The van der Waals surface area contributed by atoms with E-state index in [1.807, 2.05) is 12.3 Å². The first-order valence-corrected chi connectivity index (χ1v) is 10.7. The van der Waals surface area contributed by atoms with Crippen molar-refractivity contribution in [3.63, 3.8) is 0 Å². The number of rotatable bonds is 6. The molecule has 2 aromatic rings. The first-order valence-electron chi connectivity index (χ1n) is 10.7. The third kappa shape index (κ3) is 4.35. The Kier molecular flexibility index (Phi) is 5.32. The van der Waals surface area contributed by atoms with Crippen LogP contribution in [0.4, 0.5) is 11.8 Å². The second kappa shape index (κ2) is 8.23. The van der Waals surface area contributed by atoms with Crippen molar-refractivity contribution in [2.24, 2.45) is 0 Å². The molecule has 0 aromatic carbocycles. The molecule has 5 rings (SSSR count). The molecular formula is C20H29N7O2. The average molecular weight is 399 g/mol. The van der Waals surface area contributed by atoms with Crippen LogP contribution >= 0.6 is 0 Å². The maximum Gasteiger partial charge on any atom is 0.230 e. The van der Waals surface area contributed by atoms with Crippen LogP contribution < -0.4 is 9.80 Å². The molecule has 2 aromatic heterocycles. The molecule has 9 heteroatoms. The molecule has 1 aliphatic carbocycles. The highest BCUT2D eigenvalue weighted by molar-refractivity contribution is 5.44. The van der Waals surface area contributed by atoms with Crippen molar-refractivity contribution in [3.05, 3.63) is 24.0 Å². The van der Waals surface area contributed by atoms with Gasteiger partial charge in [-0.1, -0.05) is 0 Å². The van der Waals surface area contributed by atoms with Gasteiger partial charge in [-0.15, -0.1) is 10.2 Å². The molecule has 29 heavy (non-hydrogen) atoms. The molecule has 2 saturated heterocycles. The predicted octanol–water partition coefficient (Wildman–Crippen LogP) is 1.67. The fourth-order valence-electron chi connectivity index (χ4n) is 4.15. The lowest BCUT2D eigenvalue weighted by molar-refractivity contribution is 0.122. The molecule has 0 radical (unpaired) electrons. The van der Waals surface area contributed by atoms with Crippen molar-refractivity contribution in [3.8, 4) is 0 Å². The van der Waals surface area contributed by atoms with E-state index in [2.05, 4.69) is 36.9 Å². The van der Waals surface area contributed by atoms with E-state index in [-0.39, 0.29) is 0 Å². The lowest BCUT2D eigenvalue weighted by Gasteiger charge is -2.38. The summed E-state index contributed by atoms with van der Waals surface area (Å²) in [7, 11) is 2.14. The quantitative estimate of drug-likeness (QED) is 0.720. The number of likely N-dealkylation sites (N-methyl/N-ethyl adjacent to an activating group) is 1. The number of aromatic nitrogens is 4. The minimum atomic E-state index is 0.405. The molecule has 3 aliphatic rings. The molecule has 1 atom stereocenters. The normalized spacial score (nSPS) is 23.3. The number of anilines is 2. The molecule has 0 bridgehead atoms. The summed E-state index contributed by atoms with van der Waals surface area (Å²) in [6, 6.07) is 2.41. The highest BCUT2D eigenvalue weighted by atomic mass is 16.5. The Morgan fingerprint density at radius 3 is 2.83 bits per heavy atom. The smallest absolute Gasteiger partial charge is 0.230 e. The van der Waals surface area contributed by atoms with Gasteiger partial charge in [0.25, 0.3) is 0 Å². The lowest BCUT2D eigenvalue weighted by atomic mass is 10.0. The third-order valence-electron chi connectivity index (χ3n) is 6.08. The van der Waals surface area contributed by atoms with Gasteiger partial charge in [0.05, 0.1) is 19.8 Å². The van der Waals surface area contributed by atoms with E-state index < -0.39 is 0 Å². The van der Waals surface area contributed by atoms with Crippen LogP contribution in [-0.4, -0.2) is 77.5 Å². The number of piperidine rings is 1. The van der Waals surface area contributed by atoms with Gasteiger partial charge in [-0.3, -0.25) is 4.90 Å². The molecule has 2 aliphatic heterocycles. The lowest BCUT2D eigenvalue weighted by Crippen LogP contribution is -2.46. The molecule has 1 unspecified atom stereocenters. The Hall–Kier alpha value is -2.26. The zero-order valence-corrected chi connectivity index (χ0v) is 17.0. The summed E-state index contributed by atoms with van der Waals surface area (Å²) in [6.45, 7) is 5.92. The third-order valence-corrected chi connectivity index (χ3v) is 6.08. The van der Waals surface area contributed by atoms with Gasteiger partial charge in [0.15, 0.2) is 0 Å². The SMILES string of the molecule is CN(c1ccnc(N2CCOCC2)n1)C1CCCN(Cc2nnc(C3CC3)o2)C1. The highest BCUT2D eigenvalue weighted by Gasteiger charge is 2.30. The maximum absolute atomic E-state index is 5.86. The fraction of sp³-hybridized carbons (Fsp3) is 0.700. The van der Waals surface area contributed by atoms with Crippen LogP contribution in [0.15, 0.2) is 16.7 Å². The summed E-state index contributed by atoms with van der Waals surface area (Å²) >= 11 is 0. The van der Waals surface area contributed by atoms with Gasteiger partial charge in [0, 0.05) is 44.8 Å². The van der Waals surface area contributed by atoms with E-state index in [4.69, 9.17) is 14.1 Å². The fourth-order valence-corrected chi connectivity index (χ4v) is 4.15. The monoisotopic (exact) mass is 399 g/mol. The second-order valence-electron chi connectivity index (χ2n) is 8.26. The van der Waals surface area contributed by atoms with Gasteiger partial charge in [-0.2, -0.15) is 4.98 Å². The van der Waals surface area contributed by atoms with Crippen molar-refractivity contribution in [1.29, 1.82) is 0 Å². The van der Waals surface area contributed by atoms with Gasteiger partial charge >= 0.3 is 0 Å². The van der Waals surface area contributed by atoms with Crippen LogP contribution in [-0.2, 0) is 11.3 Å². The largest absolute Gasteiger partial charge is 0.424 e. The Morgan fingerprint density at radius 2 is 2.00 bits per heavy atom. The van der Waals surface area contributed by atoms with Gasteiger partial charge < -0.3 is 19.0 Å². The molecule has 3 fully saturated rings. The number of nitrogens with zero attached hydrogens (tertiary/aromatic N) is 7. The number of hydrogen-bond acceptors (Lipinski definition) is 9. The molecule has 9 nitrogen and oxygen atoms in total. The van der Waals surface area contributed by atoms with Gasteiger partial charge in [0.1, 0.15) is 5.82 Å². The number of morpholine rings is 1. The van der Waals surface area contributed by atoms with Crippen LogP contribution in [0.2, 0.25) is 0 Å². The van der Waals surface area contributed by atoms with Crippen LogP contribution in [0.1, 0.15) is 43.4 Å². The van der Waals surface area contributed by atoms with Crippen LogP contribution in [0.3, 0.4) is 0 Å². The number of likely N-dealkylation sites (tertiary alicyclic amines) is 1. The Labute approximate surface area is 171 Å². The Balaban J connectivity index is 1.22. The van der Waals surface area contributed by atoms with Crippen LogP contribution in [0.5, 0.6) is 0 Å². The minimum absolute atomic E-state index is 0.405. The zero-order chi connectivity index (χ0) is 19.6. The van der Waals surface area contributed by atoms with E-state index in [0.717, 1.165) is 82.3 Å². The Bertz CT molecular complexity index is 819. The first-order chi connectivity index (χ1) is 14.3. The molecule has 156 valence electrons. The first kappa shape index (κ1) is 18.7. The van der Waals surface area contributed by atoms with Gasteiger partial charge in [-0.25, -0.2) is 4.98 Å². The van der Waals surface area contributed by atoms with Crippen molar-refractivity contribution < 1.29 is 9.15 Å². The van der Waals surface area contributed by atoms with E-state index in [9.17, 15) is 0 Å². The van der Waals surface area contributed by atoms with E-state index in [1.54, 1.807) is 0 Å². The molecular weight excluding hydrogens is 370 g/mol. The van der Waals surface area contributed by atoms with Crippen LogP contribution in [0, 0.1) is 0 Å². The van der Waals surface area contributed by atoms with E-state index in [1.165, 1.54) is 12.8 Å². The standard InChI is InChI=1S/C20H29N7O2/c1-25(17-6-7-21-20(22-17)27-9-11-28-12-10-27)16-3-2-8-26(13-16)14-18-23-24-19(29-18)15-4-5-15/h6-7,15-16H,2-5,8-14H2,1H3. The predicted molar refractivity (Wildman–Crippen MR) is 108 cm³/mol. The summed E-state index contributed by atoms with van der Waals surface area (Å²) in [4.78, 5) is 16.2.